The third kappa shape index (κ3) is 14.0. The van der Waals surface area contributed by atoms with Crippen LogP contribution < -0.4 is 24.8 Å². The van der Waals surface area contributed by atoms with E-state index in [0.717, 1.165) is 19.8 Å². The van der Waals surface area contributed by atoms with Gasteiger partial charge < -0.3 is 38.1 Å². The van der Waals surface area contributed by atoms with E-state index in [1.165, 1.54) is 99.1 Å². The van der Waals surface area contributed by atoms with Crippen molar-refractivity contribution in [2.75, 3.05) is 0 Å². The molecule has 312 valence electrons. The first-order valence-corrected chi connectivity index (χ1v) is 30.0. The molecule has 57 heavy (non-hydrogen) atoms. The Morgan fingerprint density at radius 1 is 0.386 bits per heavy atom. The molecule has 0 N–H and O–H groups in total. The topological polar surface area (TPSA) is 27.7 Å². The molecule has 0 aliphatic heterocycles. The Kier molecular flexibility index (Phi) is 20.0. The Morgan fingerprint density at radius 3 is 0.789 bits per heavy atom. The Bertz CT molecular complexity index is 1990. The fourth-order valence-electron chi connectivity index (χ4n) is 7.00. The van der Waals surface area contributed by atoms with Crippen molar-refractivity contribution < 1.29 is 64.3 Å². The number of hydrogen-bond donors (Lipinski definition) is 0. The predicted molar refractivity (Wildman–Crippen MR) is 246 cm³/mol. The molecule has 3 nitrogen and oxygen atoms in total. The third-order valence-corrected chi connectivity index (χ3v) is 13.6. The van der Waals surface area contributed by atoms with Gasteiger partial charge in [-0.25, -0.2) is 0 Å². The Hall–Kier alpha value is -1.52. The van der Waals surface area contributed by atoms with Gasteiger partial charge in [-0.05, 0) is 58.9 Å². The maximum Gasteiger partial charge on any atom is 2.00 e. The molecule has 0 aliphatic rings. The van der Waals surface area contributed by atoms with Crippen LogP contribution >= 0.6 is 0 Å². The second-order valence-corrected chi connectivity index (χ2v) is 32.1. The van der Waals surface area contributed by atoms with Crippen LogP contribution in [-0.4, -0.2) is 25.0 Å². The quantitative estimate of drug-likeness (QED) is 0.108. The second kappa shape index (κ2) is 21.3. The average Bonchev–Trinajstić information content (AvgIpc) is 3.66. The third-order valence-electron chi connectivity index (χ3n) is 10.6. The zero-order valence-corrected chi connectivity index (χ0v) is 45.3. The predicted octanol–water partition coefficient (Wildman–Crippen LogP) is 8.51. The summed E-state index contributed by atoms with van der Waals surface area (Å²) >= 11 is 0. The van der Waals surface area contributed by atoms with Crippen molar-refractivity contribution in [2.45, 2.75) is 141 Å². The van der Waals surface area contributed by atoms with Crippen LogP contribution in [-0.2, 0) is 59.3 Å². The van der Waals surface area contributed by atoms with E-state index in [0.29, 0.717) is 0 Å². The van der Waals surface area contributed by atoms with Crippen LogP contribution in [0.5, 0.6) is 0 Å². The summed E-state index contributed by atoms with van der Waals surface area (Å²) in [6.45, 7) is 42.2. The monoisotopic (exact) mass is 937 g/mol. The maximum absolute atomic E-state index is 6.07. The summed E-state index contributed by atoms with van der Waals surface area (Å²) in [5.74, 6) is 0. The second-order valence-electron chi connectivity index (χ2n) is 18.6. The normalized spacial score (nSPS) is 11.7. The minimum absolute atomic E-state index is 0. The molecule has 6 aromatic rings. The van der Waals surface area contributed by atoms with Gasteiger partial charge in [-0.3, -0.25) is 0 Å². The van der Waals surface area contributed by atoms with E-state index in [2.05, 4.69) is 176 Å². The van der Waals surface area contributed by atoms with Crippen LogP contribution in [0.1, 0.15) is 66.8 Å². The van der Waals surface area contributed by atoms with Gasteiger partial charge in [0.15, 0.2) is 25.0 Å². The van der Waals surface area contributed by atoms with E-state index in [1.54, 1.807) is 0 Å². The zero-order chi connectivity index (χ0) is 40.5. The zero-order valence-electron chi connectivity index (χ0n) is 38.3. The van der Waals surface area contributed by atoms with Crippen molar-refractivity contribution in [2.24, 2.45) is 0 Å². The number of hydrogen-bond acceptors (Lipinski definition) is 3. The molecule has 0 amide bonds. The van der Waals surface area contributed by atoms with Crippen molar-refractivity contribution in [1.82, 2.24) is 0 Å². The first kappa shape index (κ1) is 53.5. The summed E-state index contributed by atoms with van der Waals surface area (Å²) < 4.78 is 18.2. The van der Waals surface area contributed by atoms with Crippen molar-refractivity contribution >= 4 is 57.3 Å². The summed E-state index contributed by atoms with van der Waals surface area (Å²) in [7, 11) is -4.35. The summed E-state index contributed by atoms with van der Waals surface area (Å²) in [5.41, 5.74) is 16.5. The Labute approximate surface area is 381 Å². The molecule has 0 aromatic heterocycles. The van der Waals surface area contributed by atoms with Crippen LogP contribution in [0.15, 0.2) is 54.6 Å². The van der Waals surface area contributed by atoms with E-state index in [-0.39, 0.29) is 51.0 Å². The van der Waals surface area contributed by atoms with Gasteiger partial charge in [-0.1, -0.05) is 97.2 Å². The van der Waals surface area contributed by atoms with Crippen molar-refractivity contribution in [3.05, 3.63) is 121 Å². The number of halogens is 2. The van der Waals surface area contributed by atoms with Crippen molar-refractivity contribution in [3.8, 4) is 0 Å². The van der Waals surface area contributed by atoms with Gasteiger partial charge >= 0.3 is 26.2 Å². The summed E-state index contributed by atoms with van der Waals surface area (Å²) in [6.07, 6.45) is 0. The first-order chi connectivity index (χ1) is 24.9. The largest absolute Gasteiger partial charge is 2.00 e. The molecular weight excluding hydrogens is 871 g/mol. The number of aryl methyl sites for hydroxylation is 9. The Morgan fingerprint density at radius 2 is 0.596 bits per heavy atom. The molecule has 0 atom stereocenters. The summed E-state index contributed by atoms with van der Waals surface area (Å²) in [6, 6.07) is 20.2. The van der Waals surface area contributed by atoms with Gasteiger partial charge in [-0.2, -0.15) is 16.7 Å². The molecular formula is C48H69Cl2O3Si3Zr-3. The smallest absolute Gasteiger partial charge is 1.00 e. The standard InChI is InChI=1S/3C16H23OSi.2ClH.Zr/c3*1-11-7-8-14(10-17-18(4,5)6)16-13(3)12(2)9-15(11)16;;;/h3*7-9H,10H2,1-6H3;2*1H;/q3*-1;;;+2/p-2. The molecule has 0 unspecified atom stereocenters. The summed E-state index contributed by atoms with van der Waals surface area (Å²) in [4.78, 5) is 0. The molecule has 0 fully saturated rings. The Balaban J connectivity index is 0.000000417. The van der Waals surface area contributed by atoms with Crippen LogP contribution in [0.25, 0.3) is 32.3 Å². The molecule has 0 bridgehead atoms. The molecule has 0 aliphatic carbocycles. The first-order valence-electron chi connectivity index (χ1n) is 19.8. The van der Waals surface area contributed by atoms with Gasteiger partial charge in [0.05, 0.1) is 19.8 Å². The SMILES string of the molecule is Cc1[cH-]c2c(C)ccc(CO[Si](C)(C)C)c2c1C.Cc1[cH-]c2c(C)ccc(CO[Si](C)(C)C)c2c1C.Cc1[cH-]c2c(C)ccc(CO[Si](C)(C)C)c2c1C.[Cl-].[Cl-].[Zr+2]. The molecule has 9 heteroatoms. The molecule has 6 aromatic carbocycles. The average molecular weight is 940 g/mol. The van der Waals surface area contributed by atoms with E-state index in [4.69, 9.17) is 13.3 Å². The van der Waals surface area contributed by atoms with Crippen LogP contribution in [0.2, 0.25) is 58.9 Å². The van der Waals surface area contributed by atoms with E-state index in [9.17, 15) is 0 Å². The van der Waals surface area contributed by atoms with Crippen molar-refractivity contribution in [3.63, 3.8) is 0 Å². The number of rotatable bonds is 9. The van der Waals surface area contributed by atoms with E-state index >= 15 is 0 Å². The fourth-order valence-corrected chi connectivity index (χ4v) is 8.77. The molecule has 6 rings (SSSR count). The van der Waals surface area contributed by atoms with Crippen LogP contribution in [0, 0.1) is 62.3 Å². The van der Waals surface area contributed by atoms with Gasteiger partial charge in [0.1, 0.15) is 0 Å². The molecule has 0 spiro atoms. The van der Waals surface area contributed by atoms with E-state index < -0.39 is 25.0 Å². The molecule has 0 saturated heterocycles. The number of benzene rings is 3. The van der Waals surface area contributed by atoms with Gasteiger partial charge in [0.25, 0.3) is 0 Å². The summed E-state index contributed by atoms with van der Waals surface area (Å²) in [5, 5.41) is 8.40. The molecule has 0 radical (unpaired) electrons. The van der Waals surface area contributed by atoms with Gasteiger partial charge in [0, 0.05) is 0 Å². The maximum atomic E-state index is 6.07. The molecule has 0 heterocycles. The van der Waals surface area contributed by atoms with Crippen LogP contribution in [0.4, 0.5) is 0 Å². The van der Waals surface area contributed by atoms with Crippen LogP contribution in [0.3, 0.4) is 0 Å². The van der Waals surface area contributed by atoms with Gasteiger partial charge in [-0.15, -0.1) is 102 Å². The van der Waals surface area contributed by atoms with E-state index in [1.807, 2.05) is 0 Å². The minimum atomic E-state index is -1.45. The van der Waals surface area contributed by atoms with Gasteiger partial charge in [0.2, 0.25) is 0 Å². The molecule has 0 saturated carbocycles. The minimum Gasteiger partial charge on any atom is -1.00 e. The number of fused-ring (bicyclic) bond motifs is 3. The fraction of sp³-hybridized carbons (Fsp3) is 0.438. The van der Waals surface area contributed by atoms with Crippen molar-refractivity contribution in [1.29, 1.82) is 0 Å².